The van der Waals surface area contributed by atoms with Gasteiger partial charge in [-0.1, -0.05) is 0 Å². The van der Waals surface area contributed by atoms with Gasteiger partial charge in [-0.2, -0.15) is 0 Å². The molecular weight excluding hydrogens is 240 g/mol. The molecule has 2 fully saturated rings. The van der Waals surface area contributed by atoms with Crippen molar-refractivity contribution in [1.82, 2.24) is 10.2 Å². The van der Waals surface area contributed by atoms with Gasteiger partial charge in [-0.05, 0) is 52.0 Å². The summed E-state index contributed by atoms with van der Waals surface area (Å²) in [5.74, 6) is 0.259. The van der Waals surface area contributed by atoms with Gasteiger partial charge in [0.1, 0.15) is 0 Å². The number of hydrogen-bond acceptors (Lipinski definition) is 3. The van der Waals surface area contributed by atoms with Crippen LogP contribution in [0.4, 0.5) is 0 Å². The third-order valence-corrected chi connectivity index (χ3v) is 5.22. The van der Waals surface area contributed by atoms with Gasteiger partial charge in [0.25, 0.3) is 0 Å². The maximum absolute atomic E-state index is 12.4. The van der Waals surface area contributed by atoms with E-state index in [2.05, 4.69) is 5.32 Å². The van der Waals surface area contributed by atoms with E-state index in [0.717, 1.165) is 25.7 Å². The Morgan fingerprint density at radius 2 is 1.95 bits per heavy atom. The lowest BCUT2D eigenvalue weighted by Gasteiger charge is -2.42. The fraction of sp³-hybridized carbons (Fsp3) is 0.933. The molecule has 0 bridgehead atoms. The average molecular weight is 268 g/mol. The van der Waals surface area contributed by atoms with Crippen LogP contribution in [0.1, 0.15) is 51.4 Å². The van der Waals surface area contributed by atoms with Gasteiger partial charge in [0.05, 0.1) is 12.0 Å². The van der Waals surface area contributed by atoms with Gasteiger partial charge in [0.15, 0.2) is 0 Å². The molecule has 2 aliphatic carbocycles. The quantitative estimate of drug-likeness (QED) is 0.828. The summed E-state index contributed by atoms with van der Waals surface area (Å²) >= 11 is 0. The maximum atomic E-state index is 12.4. The zero-order valence-corrected chi connectivity index (χ0v) is 12.6. The van der Waals surface area contributed by atoms with Crippen molar-refractivity contribution in [3.05, 3.63) is 0 Å². The zero-order valence-electron chi connectivity index (χ0n) is 12.6. The number of hydrogen-bond donors (Lipinski definition) is 1. The van der Waals surface area contributed by atoms with Crippen LogP contribution in [0.15, 0.2) is 0 Å². The van der Waals surface area contributed by atoms with Crippen LogP contribution in [-0.2, 0) is 9.53 Å². The summed E-state index contributed by atoms with van der Waals surface area (Å²) in [7, 11) is 5.73. The van der Waals surface area contributed by atoms with Crippen molar-refractivity contribution in [2.24, 2.45) is 0 Å². The summed E-state index contributed by atoms with van der Waals surface area (Å²) in [5.41, 5.74) is -0.145. The average Bonchev–Trinajstić information content (AvgIpc) is 2.42. The van der Waals surface area contributed by atoms with E-state index in [1.54, 1.807) is 7.11 Å². The molecule has 2 rings (SSSR count). The number of carbonyl (C=O) groups excluding carboxylic acids is 1. The summed E-state index contributed by atoms with van der Waals surface area (Å²) in [6.07, 6.45) is 8.42. The number of nitrogens with zero attached hydrogens (tertiary/aromatic N) is 1. The third kappa shape index (κ3) is 3.29. The van der Waals surface area contributed by atoms with Crippen LogP contribution >= 0.6 is 0 Å². The van der Waals surface area contributed by atoms with Crippen LogP contribution in [0, 0.1) is 0 Å². The highest BCUT2D eigenvalue weighted by Gasteiger charge is 2.40. The summed E-state index contributed by atoms with van der Waals surface area (Å²) < 4.78 is 5.56. The minimum Gasteiger partial charge on any atom is -0.378 e. The van der Waals surface area contributed by atoms with E-state index in [1.165, 1.54) is 19.3 Å². The highest BCUT2D eigenvalue weighted by atomic mass is 16.5. The van der Waals surface area contributed by atoms with E-state index in [1.807, 2.05) is 19.0 Å². The van der Waals surface area contributed by atoms with Gasteiger partial charge < -0.3 is 15.0 Å². The molecule has 0 radical (unpaired) electrons. The van der Waals surface area contributed by atoms with Crippen molar-refractivity contribution in [2.45, 2.75) is 69.1 Å². The smallest absolute Gasteiger partial charge is 0.225 e. The normalized spacial score (nSPS) is 29.6. The molecule has 1 amide bonds. The SMILES string of the molecule is CNC1CCC(N(C)C(=O)CC2(OC)CCC2)CC1. The summed E-state index contributed by atoms with van der Waals surface area (Å²) in [5, 5.41) is 3.33. The first-order chi connectivity index (χ1) is 9.10. The second-order valence-electron chi connectivity index (χ2n) is 6.22. The van der Waals surface area contributed by atoms with Gasteiger partial charge >= 0.3 is 0 Å². The summed E-state index contributed by atoms with van der Waals surface area (Å²) in [6, 6.07) is 1.06. The van der Waals surface area contributed by atoms with Gasteiger partial charge in [0.2, 0.25) is 5.91 Å². The Morgan fingerprint density at radius 1 is 1.32 bits per heavy atom. The molecule has 0 aromatic carbocycles. The van der Waals surface area contributed by atoms with Gasteiger partial charge in [-0.3, -0.25) is 4.79 Å². The Balaban J connectivity index is 1.82. The molecule has 2 aliphatic rings. The molecule has 0 unspecified atom stereocenters. The van der Waals surface area contributed by atoms with Gasteiger partial charge in [-0.25, -0.2) is 0 Å². The fourth-order valence-corrected chi connectivity index (χ4v) is 3.38. The molecule has 0 saturated heterocycles. The van der Waals surface area contributed by atoms with Crippen molar-refractivity contribution < 1.29 is 9.53 Å². The summed E-state index contributed by atoms with van der Waals surface area (Å²) in [6.45, 7) is 0. The Bertz CT molecular complexity index is 302. The predicted octanol–water partition coefficient (Wildman–Crippen LogP) is 1.93. The second-order valence-corrected chi connectivity index (χ2v) is 6.22. The number of carbonyl (C=O) groups is 1. The van der Waals surface area contributed by atoms with Crippen LogP contribution < -0.4 is 5.32 Å². The molecule has 0 aliphatic heterocycles. The second kappa shape index (κ2) is 6.23. The lowest BCUT2D eigenvalue weighted by atomic mass is 9.77. The summed E-state index contributed by atoms with van der Waals surface area (Å²) in [4.78, 5) is 14.4. The van der Waals surface area contributed by atoms with E-state index >= 15 is 0 Å². The number of ether oxygens (including phenoxy) is 1. The first-order valence-electron chi connectivity index (χ1n) is 7.58. The third-order valence-electron chi connectivity index (χ3n) is 5.22. The molecule has 4 heteroatoms. The molecule has 19 heavy (non-hydrogen) atoms. The molecule has 1 N–H and O–H groups in total. The molecule has 110 valence electrons. The zero-order chi connectivity index (χ0) is 13.9. The minimum absolute atomic E-state index is 0.145. The fourth-order valence-electron chi connectivity index (χ4n) is 3.38. The van der Waals surface area contributed by atoms with Crippen LogP contribution in [0.2, 0.25) is 0 Å². The van der Waals surface area contributed by atoms with E-state index in [9.17, 15) is 4.79 Å². The van der Waals surface area contributed by atoms with E-state index in [-0.39, 0.29) is 11.5 Å². The molecule has 0 atom stereocenters. The number of methoxy groups -OCH3 is 1. The van der Waals surface area contributed by atoms with Gasteiger partial charge in [0, 0.05) is 26.2 Å². The van der Waals surface area contributed by atoms with Crippen LogP contribution in [0.25, 0.3) is 0 Å². The predicted molar refractivity (Wildman–Crippen MR) is 76.1 cm³/mol. The van der Waals surface area contributed by atoms with Crippen LogP contribution in [-0.4, -0.2) is 49.7 Å². The van der Waals surface area contributed by atoms with Crippen molar-refractivity contribution >= 4 is 5.91 Å². The van der Waals surface area contributed by atoms with Crippen molar-refractivity contribution in [1.29, 1.82) is 0 Å². The number of nitrogens with one attached hydrogen (secondary N) is 1. The minimum atomic E-state index is -0.145. The largest absolute Gasteiger partial charge is 0.378 e. The van der Waals surface area contributed by atoms with E-state index in [0.29, 0.717) is 18.5 Å². The van der Waals surface area contributed by atoms with Crippen molar-refractivity contribution in [3.63, 3.8) is 0 Å². The van der Waals surface area contributed by atoms with Crippen molar-refractivity contribution in [3.8, 4) is 0 Å². The van der Waals surface area contributed by atoms with Gasteiger partial charge in [-0.15, -0.1) is 0 Å². The molecule has 4 nitrogen and oxygen atoms in total. The Hall–Kier alpha value is -0.610. The van der Waals surface area contributed by atoms with Crippen LogP contribution in [0.3, 0.4) is 0 Å². The molecule has 2 saturated carbocycles. The Labute approximate surface area is 116 Å². The first kappa shape index (κ1) is 14.8. The Morgan fingerprint density at radius 3 is 2.37 bits per heavy atom. The van der Waals surface area contributed by atoms with E-state index in [4.69, 9.17) is 4.74 Å². The molecule has 0 aromatic heterocycles. The standard InChI is InChI=1S/C15H28N2O2/c1-16-12-5-7-13(8-6-12)17(2)14(18)11-15(19-3)9-4-10-15/h12-13,16H,4-11H2,1-3H3. The maximum Gasteiger partial charge on any atom is 0.225 e. The molecule has 0 heterocycles. The monoisotopic (exact) mass is 268 g/mol. The number of amides is 1. The topological polar surface area (TPSA) is 41.6 Å². The molecular formula is C15H28N2O2. The lowest BCUT2D eigenvalue weighted by Crippen LogP contribution is -2.48. The number of rotatable bonds is 5. The first-order valence-corrected chi connectivity index (χ1v) is 7.58. The highest BCUT2D eigenvalue weighted by Crippen LogP contribution is 2.38. The highest BCUT2D eigenvalue weighted by molar-refractivity contribution is 5.77. The van der Waals surface area contributed by atoms with E-state index < -0.39 is 0 Å². The van der Waals surface area contributed by atoms with Crippen LogP contribution in [0.5, 0.6) is 0 Å². The Kier molecular flexibility index (Phi) is 4.85. The molecule has 0 aromatic rings. The van der Waals surface area contributed by atoms with Crippen molar-refractivity contribution in [2.75, 3.05) is 21.2 Å². The molecule has 0 spiro atoms. The lowest BCUT2D eigenvalue weighted by molar-refractivity contribution is -0.145.